The summed E-state index contributed by atoms with van der Waals surface area (Å²) in [6.07, 6.45) is 4.26. The first-order valence-corrected chi connectivity index (χ1v) is 6.44. The fourth-order valence-corrected chi connectivity index (χ4v) is 1.44. The van der Waals surface area contributed by atoms with Gasteiger partial charge in [-0.1, -0.05) is 42.5 Å². The van der Waals surface area contributed by atoms with Gasteiger partial charge in [-0.05, 0) is 19.7 Å². The lowest BCUT2D eigenvalue weighted by atomic mass is 10.2. The van der Waals surface area contributed by atoms with Gasteiger partial charge in [0.05, 0.1) is 13.2 Å². The molecule has 0 aliphatic rings. The third-order valence-corrected chi connectivity index (χ3v) is 2.48. The topological polar surface area (TPSA) is 24.5 Å². The molecule has 0 radical (unpaired) electrons. The first-order valence-electron chi connectivity index (χ1n) is 6.44. The Balaban J connectivity index is 1.94. The lowest BCUT2D eigenvalue weighted by Crippen LogP contribution is -2.23. The van der Waals surface area contributed by atoms with Gasteiger partial charge in [-0.15, -0.1) is 0 Å². The molecule has 0 fully saturated rings. The van der Waals surface area contributed by atoms with E-state index in [1.54, 1.807) is 0 Å². The maximum atomic E-state index is 5.48. The molecule has 0 amide bonds. The molecule has 0 aliphatic carbocycles. The third-order valence-electron chi connectivity index (χ3n) is 2.48. The fourth-order valence-electron chi connectivity index (χ4n) is 1.44. The Morgan fingerprint density at radius 2 is 1.94 bits per heavy atom. The van der Waals surface area contributed by atoms with Crippen LogP contribution in [-0.2, 0) is 4.74 Å². The Morgan fingerprint density at radius 1 is 1.17 bits per heavy atom. The largest absolute Gasteiger partial charge is 0.379 e. The van der Waals surface area contributed by atoms with Crippen molar-refractivity contribution in [3.05, 3.63) is 42.0 Å². The standard InChI is InChI=1S/C15H24N2O/c1-17(2)12-14-18-13-11-16-10-6-9-15-7-4-3-5-8-15/h3-9,16H,10-14H2,1-2H3/b9-6+. The zero-order valence-corrected chi connectivity index (χ0v) is 11.4. The van der Waals surface area contributed by atoms with Gasteiger partial charge >= 0.3 is 0 Å². The zero-order chi connectivity index (χ0) is 13.1. The van der Waals surface area contributed by atoms with E-state index in [1.165, 1.54) is 5.56 Å². The second-order valence-corrected chi connectivity index (χ2v) is 4.43. The predicted octanol–water partition coefficient (Wildman–Crippen LogP) is 1.87. The van der Waals surface area contributed by atoms with Crippen molar-refractivity contribution in [1.82, 2.24) is 10.2 Å². The van der Waals surface area contributed by atoms with Crippen LogP contribution in [-0.4, -0.2) is 51.8 Å². The van der Waals surface area contributed by atoms with Crippen LogP contribution in [0.15, 0.2) is 36.4 Å². The fraction of sp³-hybridized carbons (Fsp3) is 0.467. The van der Waals surface area contributed by atoms with Crippen molar-refractivity contribution in [2.75, 3.05) is 46.9 Å². The highest BCUT2D eigenvalue weighted by Gasteiger charge is 1.90. The summed E-state index contributed by atoms with van der Waals surface area (Å²) in [5.41, 5.74) is 1.24. The normalized spacial score (nSPS) is 11.5. The summed E-state index contributed by atoms with van der Waals surface area (Å²) in [5.74, 6) is 0. The van der Waals surface area contributed by atoms with Gasteiger partial charge in [0.2, 0.25) is 0 Å². The smallest absolute Gasteiger partial charge is 0.0593 e. The van der Waals surface area contributed by atoms with Crippen molar-refractivity contribution < 1.29 is 4.74 Å². The monoisotopic (exact) mass is 248 g/mol. The third kappa shape index (κ3) is 8.01. The maximum absolute atomic E-state index is 5.48. The highest BCUT2D eigenvalue weighted by molar-refractivity contribution is 5.48. The first kappa shape index (κ1) is 14.9. The number of hydrogen-bond donors (Lipinski definition) is 1. The summed E-state index contributed by atoms with van der Waals surface area (Å²) >= 11 is 0. The zero-order valence-electron chi connectivity index (χ0n) is 11.4. The molecule has 1 aromatic carbocycles. The molecule has 0 saturated heterocycles. The van der Waals surface area contributed by atoms with Crippen LogP contribution < -0.4 is 5.32 Å². The summed E-state index contributed by atoms with van der Waals surface area (Å²) in [6.45, 7) is 4.33. The summed E-state index contributed by atoms with van der Waals surface area (Å²) in [6, 6.07) is 10.3. The molecule has 0 spiro atoms. The minimum Gasteiger partial charge on any atom is -0.379 e. The molecular formula is C15H24N2O. The molecular weight excluding hydrogens is 224 g/mol. The van der Waals surface area contributed by atoms with Crippen molar-refractivity contribution in [2.45, 2.75) is 0 Å². The van der Waals surface area contributed by atoms with E-state index >= 15 is 0 Å². The Hall–Kier alpha value is -1.16. The molecule has 3 heteroatoms. The lowest BCUT2D eigenvalue weighted by molar-refractivity contribution is 0.120. The number of hydrogen-bond acceptors (Lipinski definition) is 3. The van der Waals surface area contributed by atoms with Crippen LogP contribution in [0, 0.1) is 0 Å². The van der Waals surface area contributed by atoms with Crippen molar-refractivity contribution in [3.8, 4) is 0 Å². The Labute approximate surface area is 110 Å². The van der Waals surface area contributed by atoms with Gasteiger partial charge in [-0.3, -0.25) is 0 Å². The highest BCUT2D eigenvalue weighted by Crippen LogP contribution is 1.99. The van der Waals surface area contributed by atoms with Crippen molar-refractivity contribution in [2.24, 2.45) is 0 Å². The molecule has 18 heavy (non-hydrogen) atoms. The van der Waals surface area contributed by atoms with Gasteiger partial charge < -0.3 is 15.0 Å². The van der Waals surface area contributed by atoms with Crippen LogP contribution in [0.3, 0.4) is 0 Å². The second kappa shape index (κ2) is 9.83. The minimum absolute atomic E-state index is 0.771. The minimum atomic E-state index is 0.771. The average molecular weight is 248 g/mol. The van der Waals surface area contributed by atoms with E-state index in [-0.39, 0.29) is 0 Å². The summed E-state index contributed by atoms with van der Waals surface area (Å²) < 4.78 is 5.48. The number of nitrogens with zero attached hydrogens (tertiary/aromatic N) is 1. The molecule has 0 heterocycles. The van der Waals surface area contributed by atoms with Gasteiger partial charge in [0.25, 0.3) is 0 Å². The molecule has 0 aliphatic heterocycles. The number of nitrogens with one attached hydrogen (secondary N) is 1. The number of rotatable bonds is 9. The molecule has 0 saturated carbocycles. The number of ether oxygens (including phenoxy) is 1. The van der Waals surface area contributed by atoms with E-state index in [0.29, 0.717) is 0 Å². The lowest BCUT2D eigenvalue weighted by Gasteiger charge is -2.09. The molecule has 0 bridgehead atoms. The number of benzene rings is 1. The molecule has 0 unspecified atom stereocenters. The van der Waals surface area contributed by atoms with Crippen molar-refractivity contribution in [1.29, 1.82) is 0 Å². The Kier molecular flexibility index (Phi) is 8.13. The highest BCUT2D eigenvalue weighted by atomic mass is 16.5. The van der Waals surface area contributed by atoms with Crippen LogP contribution in [0.1, 0.15) is 5.56 Å². The average Bonchev–Trinajstić information content (AvgIpc) is 2.37. The van der Waals surface area contributed by atoms with Crippen molar-refractivity contribution in [3.63, 3.8) is 0 Å². The Morgan fingerprint density at radius 3 is 2.67 bits per heavy atom. The van der Waals surface area contributed by atoms with Crippen LogP contribution >= 0.6 is 0 Å². The number of likely N-dealkylation sites (N-methyl/N-ethyl adjacent to an activating group) is 1. The van der Waals surface area contributed by atoms with Crippen LogP contribution in [0.2, 0.25) is 0 Å². The molecule has 1 rings (SSSR count). The van der Waals surface area contributed by atoms with Crippen LogP contribution in [0.4, 0.5) is 0 Å². The van der Waals surface area contributed by atoms with Gasteiger partial charge in [0.15, 0.2) is 0 Å². The second-order valence-electron chi connectivity index (χ2n) is 4.43. The summed E-state index contributed by atoms with van der Waals surface area (Å²) in [4.78, 5) is 2.12. The van der Waals surface area contributed by atoms with Gasteiger partial charge in [-0.25, -0.2) is 0 Å². The van der Waals surface area contributed by atoms with E-state index < -0.39 is 0 Å². The molecule has 0 atom stereocenters. The van der Waals surface area contributed by atoms with Gasteiger partial charge in [0.1, 0.15) is 0 Å². The Bertz CT molecular complexity index is 323. The predicted molar refractivity (Wildman–Crippen MR) is 77.7 cm³/mol. The molecule has 100 valence electrons. The van der Waals surface area contributed by atoms with Crippen LogP contribution in [0.5, 0.6) is 0 Å². The molecule has 1 aromatic rings. The molecule has 0 aromatic heterocycles. The van der Waals surface area contributed by atoms with E-state index in [2.05, 4.69) is 48.6 Å². The quantitative estimate of drug-likeness (QED) is 0.675. The maximum Gasteiger partial charge on any atom is 0.0593 e. The van der Waals surface area contributed by atoms with E-state index in [4.69, 9.17) is 4.74 Å². The van der Waals surface area contributed by atoms with Gasteiger partial charge in [0, 0.05) is 19.6 Å². The van der Waals surface area contributed by atoms with Crippen molar-refractivity contribution >= 4 is 6.08 Å². The molecule has 3 nitrogen and oxygen atoms in total. The first-order chi connectivity index (χ1) is 8.79. The summed E-state index contributed by atoms with van der Waals surface area (Å²) in [5, 5.41) is 3.32. The van der Waals surface area contributed by atoms with E-state index in [9.17, 15) is 0 Å². The van der Waals surface area contributed by atoms with Gasteiger partial charge in [-0.2, -0.15) is 0 Å². The summed E-state index contributed by atoms with van der Waals surface area (Å²) in [7, 11) is 4.10. The van der Waals surface area contributed by atoms with Crippen LogP contribution in [0.25, 0.3) is 6.08 Å². The SMILES string of the molecule is CN(C)CCOCCNC/C=C/c1ccccc1. The van der Waals surface area contributed by atoms with E-state index in [1.807, 2.05) is 18.2 Å². The molecule has 1 N–H and O–H groups in total. The van der Waals surface area contributed by atoms with E-state index in [0.717, 1.165) is 32.8 Å².